The molecule has 3 aromatic carbocycles. The number of phenolic OH excluding ortho intramolecular Hbond substituents is 1. The van der Waals surface area contributed by atoms with Crippen molar-refractivity contribution in [3.05, 3.63) is 102 Å². The number of aromatic hydroxyl groups is 1. The molecule has 0 aliphatic carbocycles. The van der Waals surface area contributed by atoms with Gasteiger partial charge in [0.05, 0.1) is 19.2 Å². The summed E-state index contributed by atoms with van der Waals surface area (Å²) in [4.78, 5) is 14.9. The molecule has 0 saturated carbocycles. The van der Waals surface area contributed by atoms with E-state index in [0.717, 1.165) is 16.3 Å². The number of nitrogens with zero attached hydrogens (tertiary/aromatic N) is 1. The lowest BCUT2D eigenvalue weighted by molar-refractivity contribution is -0.132. The number of carbonyl (C=O) groups is 1. The van der Waals surface area contributed by atoms with Gasteiger partial charge in [-0.15, -0.1) is 0 Å². The van der Waals surface area contributed by atoms with Crippen molar-refractivity contribution < 1.29 is 14.3 Å². The van der Waals surface area contributed by atoms with Crippen molar-refractivity contribution in [3.63, 3.8) is 0 Å². The van der Waals surface area contributed by atoms with Gasteiger partial charge in [0, 0.05) is 12.1 Å². The first kappa shape index (κ1) is 17.9. The maximum absolute atomic E-state index is 13.2. The fourth-order valence-corrected chi connectivity index (χ4v) is 3.39. The largest absolute Gasteiger partial charge is 0.508 e. The van der Waals surface area contributed by atoms with Crippen molar-refractivity contribution in [3.8, 4) is 5.75 Å². The summed E-state index contributed by atoms with van der Waals surface area (Å²) in [6.45, 7) is 0.669. The van der Waals surface area contributed by atoms with Gasteiger partial charge in [0.1, 0.15) is 11.5 Å². The highest BCUT2D eigenvalue weighted by atomic mass is 16.3. The van der Waals surface area contributed by atoms with Crippen LogP contribution >= 0.6 is 0 Å². The molecule has 0 fully saturated rings. The number of para-hydroxylation sites is 1. The van der Waals surface area contributed by atoms with Gasteiger partial charge in [-0.05, 0) is 34.5 Å². The predicted octanol–water partition coefficient (Wildman–Crippen LogP) is 4.91. The summed E-state index contributed by atoms with van der Waals surface area (Å²) in [5.74, 6) is 0.877. The van der Waals surface area contributed by atoms with E-state index < -0.39 is 0 Å². The molecule has 0 atom stereocenters. The third-order valence-corrected chi connectivity index (χ3v) is 4.85. The molecule has 28 heavy (non-hydrogen) atoms. The van der Waals surface area contributed by atoms with E-state index in [1.54, 1.807) is 23.3 Å². The van der Waals surface area contributed by atoms with E-state index in [1.165, 1.54) is 0 Å². The Kier molecular flexibility index (Phi) is 5.11. The molecular weight excluding hydrogens is 350 g/mol. The molecule has 4 rings (SSSR count). The smallest absolute Gasteiger partial charge is 0.227 e. The van der Waals surface area contributed by atoms with Crippen LogP contribution in [0.2, 0.25) is 0 Å². The summed E-state index contributed by atoms with van der Waals surface area (Å²) < 4.78 is 5.45. The van der Waals surface area contributed by atoms with E-state index in [4.69, 9.17) is 4.42 Å². The van der Waals surface area contributed by atoms with E-state index in [0.29, 0.717) is 24.4 Å². The third-order valence-electron chi connectivity index (χ3n) is 4.85. The Morgan fingerprint density at radius 3 is 2.39 bits per heavy atom. The zero-order valence-electron chi connectivity index (χ0n) is 15.4. The van der Waals surface area contributed by atoms with Gasteiger partial charge in [-0.25, -0.2) is 0 Å². The van der Waals surface area contributed by atoms with Crippen molar-refractivity contribution in [2.24, 2.45) is 0 Å². The Hall–Kier alpha value is -3.53. The monoisotopic (exact) mass is 371 g/mol. The number of hydrogen-bond donors (Lipinski definition) is 1. The summed E-state index contributed by atoms with van der Waals surface area (Å²) in [7, 11) is 0. The van der Waals surface area contributed by atoms with Gasteiger partial charge in [0.2, 0.25) is 5.91 Å². The molecule has 1 N–H and O–H groups in total. The van der Waals surface area contributed by atoms with Crippen molar-refractivity contribution in [2.45, 2.75) is 19.5 Å². The highest BCUT2D eigenvalue weighted by Gasteiger charge is 2.18. The fourth-order valence-electron chi connectivity index (χ4n) is 3.39. The van der Waals surface area contributed by atoms with Gasteiger partial charge >= 0.3 is 0 Å². The molecule has 0 radical (unpaired) electrons. The van der Waals surface area contributed by atoms with E-state index >= 15 is 0 Å². The maximum Gasteiger partial charge on any atom is 0.227 e. The molecule has 0 bridgehead atoms. The lowest BCUT2D eigenvalue weighted by Crippen LogP contribution is -2.31. The van der Waals surface area contributed by atoms with Gasteiger partial charge in [-0.3, -0.25) is 4.79 Å². The van der Waals surface area contributed by atoms with Crippen LogP contribution in [-0.4, -0.2) is 15.9 Å². The van der Waals surface area contributed by atoms with Gasteiger partial charge in [-0.2, -0.15) is 0 Å². The molecule has 0 spiro atoms. The molecule has 140 valence electrons. The standard InChI is InChI=1S/C24H21NO3/c26-23-13-4-2-8-20(23)16-25(17-21-11-6-14-28-21)24(27)15-19-10-5-9-18-7-1-3-12-22(18)19/h1-14,26H,15-17H2. The number of fused-ring (bicyclic) bond motifs is 1. The first-order valence-corrected chi connectivity index (χ1v) is 9.24. The molecule has 0 aliphatic heterocycles. The van der Waals surface area contributed by atoms with Gasteiger partial charge in [-0.1, -0.05) is 60.7 Å². The molecule has 1 aromatic heterocycles. The van der Waals surface area contributed by atoms with Gasteiger partial charge in [0.25, 0.3) is 0 Å². The van der Waals surface area contributed by atoms with Crippen molar-refractivity contribution in [1.82, 2.24) is 4.90 Å². The highest BCUT2D eigenvalue weighted by Crippen LogP contribution is 2.22. The van der Waals surface area contributed by atoms with Crippen LogP contribution < -0.4 is 0 Å². The lowest BCUT2D eigenvalue weighted by Gasteiger charge is -2.23. The summed E-state index contributed by atoms with van der Waals surface area (Å²) in [6.07, 6.45) is 1.89. The van der Waals surface area contributed by atoms with Crippen LogP contribution in [0.4, 0.5) is 0 Å². The summed E-state index contributed by atoms with van der Waals surface area (Å²) >= 11 is 0. The SMILES string of the molecule is O=C(Cc1cccc2ccccc12)N(Cc1ccco1)Cc1ccccc1O. The van der Waals surface area contributed by atoms with Crippen LogP contribution in [0.3, 0.4) is 0 Å². The van der Waals surface area contributed by atoms with E-state index in [1.807, 2.05) is 66.7 Å². The van der Waals surface area contributed by atoms with E-state index in [2.05, 4.69) is 0 Å². The first-order valence-electron chi connectivity index (χ1n) is 9.24. The molecule has 0 unspecified atom stereocenters. The average Bonchev–Trinajstić information content (AvgIpc) is 3.22. The van der Waals surface area contributed by atoms with Crippen molar-refractivity contribution in [2.75, 3.05) is 0 Å². The Bertz CT molecular complexity index is 1080. The molecule has 4 aromatic rings. The minimum absolute atomic E-state index is 0.0176. The van der Waals surface area contributed by atoms with Gasteiger partial charge < -0.3 is 14.4 Å². The summed E-state index contributed by atoms with van der Waals surface area (Å²) in [6, 6.07) is 24.8. The minimum Gasteiger partial charge on any atom is -0.508 e. The number of hydrogen-bond acceptors (Lipinski definition) is 3. The molecular formula is C24H21NO3. The zero-order valence-corrected chi connectivity index (χ0v) is 15.4. The zero-order chi connectivity index (χ0) is 19.3. The van der Waals surface area contributed by atoms with Crippen LogP contribution in [0, 0.1) is 0 Å². The van der Waals surface area contributed by atoms with Crippen molar-refractivity contribution >= 4 is 16.7 Å². The van der Waals surface area contributed by atoms with Crippen LogP contribution in [0.1, 0.15) is 16.9 Å². The molecule has 1 amide bonds. The van der Waals surface area contributed by atoms with Crippen LogP contribution in [0.5, 0.6) is 5.75 Å². The van der Waals surface area contributed by atoms with Crippen molar-refractivity contribution in [1.29, 1.82) is 0 Å². The Morgan fingerprint density at radius 1 is 0.821 bits per heavy atom. The van der Waals surface area contributed by atoms with Gasteiger partial charge in [0.15, 0.2) is 0 Å². The maximum atomic E-state index is 13.2. The fraction of sp³-hybridized carbons (Fsp3) is 0.125. The highest BCUT2D eigenvalue weighted by molar-refractivity contribution is 5.90. The topological polar surface area (TPSA) is 53.7 Å². The Labute approximate surface area is 163 Å². The quantitative estimate of drug-likeness (QED) is 0.524. The summed E-state index contributed by atoms with van der Waals surface area (Å²) in [5, 5.41) is 12.3. The second-order valence-corrected chi connectivity index (χ2v) is 6.77. The number of benzene rings is 3. The Balaban J connectivity index is 1.61. The lowest BCUT2D eigenvalue weighted by atomic mass is 10.0. The number of phenols is 1. The minimum atomic E-state index is -0.0176. The Morgan fingerprint density at radius 2 is 1.57 bits per heavy atom. The van der Waals surface area contributed by atoms with E-state index in [9.17, 15) is 9.90 Å². The average molecular weight is 371 g/mol. The number of carbonyl (C=O) groups excluding carboxylic acids is 1. The second kappa shape index (κ2) is 8.01. The molecule has 4 heteroatoms. The second-order valence-electron chi connectivity index (χ2n) is 6.77. The van der Waals surface area contributed by atoms with Crippen LogP contribution in [0.15, 0.2) is 89.5 Å². The van der Waals surface area contributed by atoms with Crippen LogP contribution in [0.25, 0.3) is 10.8 Å². The normalized spacial score (nSPS) is 10.9. The number of amides is 1. The number of rotatable bonds is 6. The summed E-state index contributed by atoms with van der Waals surface area (Å²) in [5.41, 5.74) is 1.70. The number of furan rings is 1. The first-order chi connectivity index (χ1) is 13.7. The van der Waals surface area contributed by atoms with E-state index in [-0.39, 0.29) is 18.1 Å². The predicted molar refractivity (Wildman–Crippen MR) is 109 cm³/mol. The molecule has 0 saturated heterocycles. The van der Waals surface area contributed by atoms with Crippen LogP contribution in [-0.2, 0) is 24.3 Å². The molecule has 0 aliphatic rings. The third kappa shape index (κ3) is 3.91. The molecule has 4 nitrogen and oxygen atoms in total. The molecule has 1 heterocycles.